The van der Waals surface area contributed by atoms with E-state index in [4.69, 9.17) is 20.3 Å². The van der Waals surface area contributed by atoms with E-state index in [1.54, 1.807) is 35.5 Å². The average Bonchev–Trinajstić information content (AvgIpc) is 3.68. The summed E-state index contributed by atoms with van der Waals surface area (Å²) in [6.07, 6.45) is 11.0. The van der Waals surface area contributed by atoms with Crippen molar-refractivity contribution in [2.75, 3.05) is 13.5 Å². The number of benzene rings is 2. The van der Waals surface area contributed by atoms with Crippen LogP contribution in [0, 0.1) is 12.3 Å². The van der Waals surface area contributed by atoms with Gasteiger partial charge in [0.15, 0.2) is 5.82 Å². The third-order valence-electron chi connectivity index (χ3n) is 8.31. The maximum absolute atomic E-state index is 13.7. The standard InChI is InChI=1S/C33H32N6O3/c1-6-19-9-7-10-22-28(19)26-16-27(37(5)31(22)40)30-36-23-13-12-20(15-25(23)39(26)30)21-17-34-29(35-18-21)24-11-8-14-38(24)32(41)42-33(2,3)4/h1,7,9-10,12-13,15,17-18,24,26-27H,8,11,14,16H2,2-5H3/t24?,26-,27-/m1/s1/i5D3. The second-order valence-electron chi connectivity index (χ2n) is 12.1. The number of fused-ring (bicyclic) bond motifs is 9. The Kier molecular flexibility index (Phi) is 5.14. The molecule has 1 saturated heterocycles. The van der Waals surface area contributed by atoms with E-state index >= 15 is 0 Å². The molecule has 3 atom stereocenters. The van der Waals surface area contributed by atoms with Crippen molar-refractivity contribution in [2.24, 2.45) is 0 Å². The number of imidazole rings is 1. The number of likely N-dealkylation sites (tertiary alicyclic amines) is 1. The van der Waals surface area contributed by atoms with Gasteiger partial charge in [-0.1, -0.05) is 18.1 Å². The molecular weight excluding hydrogens is 528 g/mol. The summed E-state index contributed by atoms with van der Waals surface area (Å²) in [6, 6.07) is 9.54. The summed E-state index contributed by atoms with van der Waals surface area (Å²) in [5.41, 5.74) is 4.01. The minimum Gasteiger partial charge on any atom is -0.444 e. The predicted octanol–water partition coefficient (Wildman–Crippen LogP) is 5.67. The number of carbonyl (C=O) groups excluding carboxylic acids is 2. The minimum absolute atomic E-state index is 0.257. The first kappa shape index (κ1) is 22.9. The Hall–Kier alpha value is -4.71. The number of carbonyl (C=O) groups is 2. The molecule has 3 aliphatic heterocycles. The highest BCUT2D eigenvalue weighted by Crippen LogP contribution is 2.48. The average molecular weight is 564 g/mol. The molecule has 4 aromatic rings. The summed E-state index contributed by atoms with van der Waals surface area (Å²) in [4.78, 5) is 43.3. The first-order chi connectivity index (χ1) is 21.4. The minimum atomic E-state index is -2.67. The molecule has 0 N–H and O–H groups in total. The van der Waals surface area contributed by atoms with Gasteiger partial charge < -0.3 is 14.2 Å². The van der Waals surface area contributed by atoms with Crippen molar-refractivity contribution in [3.05, 3.63) is 77.1 Å². The lowest BCUT2D eigenvalue weighted by Gasteiger charge is -2.27. The SMILES string of the molecule is [2H]C([2H])([2H])N1C(=O)c2cccc(C#C)c2[C@H]2C[C@@H]1c1nc3ccc(-c4cnc(C5CCCN5C(=O)OC(C)(C)C)nc4)cc3n12. The Morgan fingerprint density at radius 3 is 2.67 bits per heavy atom. The molecule has 42 heavy (non-hydrogen) atoms. The molecule has 2 amide bonds. The van der Waals surface area contributed by atoms with Crippen LogP contribution in [0.1, 0.15) is 95.4 Å². The van der Waals surface area contributed by atoms with E-state index in [1.807, 2.05) is 43.5 Å². The van der Waals surface area contributed by atoms with Crippen LogP contribution in [-0.2, 0) is 4.74 Å². The fourth-order valence-corrected chi connectivity index (χ4v) is 6.49. The van der Waals surface area contributed by atoms with Gasteiger partial charge in [0.05, 0.1) is 29.2 Å². The topological polar surface area (TPSA) is 93.5 Å². The summed E-state index contributed by atoms with van der Waals surface area (Å²) in [5, 5.41) is 0. The van der Waals surface area contributed by atoms with Gasteiger partial charge in [0.1, 0.15) is 11.4 Å². The number of nitrogens with zero attached hydrogens (tertiary/aromatic N) is 6. The lowest BCUT2D eigenvalue weighted by Crippen LogP contribution is -2.36. The van der Waals surface area contributed by atoms with Gasteiger partial charge in [-0.15, -0.1) is 6.42 Å². The zero-order valence-electron chi connectivity index (χ0n) is 26.7. The fraction of sp³-hybridized carbons (Fsp3) is 0.364. The van der Waals surface area contributed by atoms with Crippen molar-refractivity contribution >= 4 is 23.0 Å². The second-order valence-corrected chi connectivity index (χ2v) is 12.1. The molecule has 9 nitrogen and oxygen atoms in total. The highest BCUT2D eigenvalue weighted by Gasteiger charge is 2.44. The van der Waals surface area contributed by atoms with Crippen molar-refractivity contribution < 1.29 is 18.4 Å². The van der Waals surface area contributed by atoms with Crippen LogP contribution in [0.3, 0.4) is 0 Å². The van der Waals surface area contributed by atoms with Crippen LogP contribution in [0.4, 0.5) is 4.79 Å². The Morgan fingerprint density at radius 1 is 1.12 bits per heavy atom. The summed E-state index contributed by atoms with van der Waals surface area (Å²) in [7, 11) is 0. The van der Waals surface area contributed by atoms with Gasteiger partial charge >= 0.3 is 6.09 Å². The van der Waals surface area contributed by atoms with Crippen LogP contribution in [-0.4, -0.2) is 60.4 Å². The van der Waals surface area contributed by atoms with Crippen LogP contribution in [0.5, 0.6) is 0 Å². The van der Waals surface area contributed by atoms with Crippen molar-refractivity contribution in [1.82, 2.24) is 29.3 Å². The molecule has 1 unspecified atom stereocenters. The number of amides is 2. The van der Waals surface area contributed by atoms with Crippen LogP contribution < -0.4 is 0 Å². The zero-order valence-corrected chi connectivity index (χ0v) is 23.7. The van der Waals surface area contributed by atoms with Crippen molar-refractivity contribution in [3.8, 4) is 23.5 Å². The molecule has 212 valence electrons. The van der Waals surface area contributed by atoms with Gasteiger partial charge in [-0.2, -0.15) is 0 Å². The maximum atomic E-state index is 13.7. The van der Waals surface area contributed by atoms with Gasteiger partial charge in [0.25, 0.3) is 5.91 Å². The van der Waals surface area contributed by atoms with Crippen molar-refractivity contribution in [1.29, 1.82) is 0 Å². The normalized spacial score (nSPS) is 22.6. The van der Waals surface area contributed by atoms with Gasteiger partial charge in [-0.3, -0.25) is 9.69 Å². The first-order valence-electron chi connectivity index (χ1n) is 15.6. The molecule has 0 saturated carbocycles. The Bertz CT molecular complexity index is 1900. The molecular formula is C33H32N6O3. The van der Waals surface area contributed by atoms with Gasteiger partial charge in [0.2, 0.25) is 0 Å². The van der Waals surface area contributed by atoms with E-state index in [0.717, 1.165) is 34.4 Å². The van der Waals surface area contributed by atoms with E-state index in [0.29, 0.717) is 46.8 Å². The van der Waals surface area contributed by atoms with Crippen LogP contribution >= 0.6 is 0 Å². The maximum Gasteiger partial charge on any atom is 0.410 e. The molecule has 0 radical (unpaired) electrons. The number of hydrogen-bond acceptors (Lipinski definition) is 6. The Morgan fingerprint density at radius 2 is 1.93 bits per heavy atom. The fourth-order valence-electron chi connectivity index (χ4n) is 6.49. The first-order valence-corrected chi connectivity index (χ1v) is 14.1. The molecule has 3 aliphatic rings. The number of hydrogen-bond donors (Lipinski definition) is 0. The quantitative estimate of drug-likeness (QED) is 0.292. The Balaban J connectivity index is 1.28. The van der Waals surface area contributed by atoms with Crippen molar-refractivity contribution in [3.63, 3.8) is 0 Å². The number of terminal acetylenes is 1. The summed E-state index contributed by atoms with van der Waals surface area (Å²) in [6.45, 7) is 3.45. The lowest BCUT2D eigenvalue weighted by atomic mass is 9.93. The lowest BCUT2D eigenvalue weighted by molar-refractivity contribution is 0.0218. The Labute approximate surface area is 248 Å². The third-order valence-corrected chi connectivity index (χ3v) is 8.31. The summed E-state index contributed by atoms with van der Waals surface area (Å²) in [5.74, 6) is 3.21. The van der Waals surface area contributed by atoms with E-state index < -0.39 is 24.5 Å². The van der Waals surface area contributed by atoms with Crippen LogP contribution in [0.25, 0.3) is 22.2 Å². The molecule has 2 aromatic carbocycles. The molecule has 9 heteroatoms. The number of ether oxygens (including phenoxy) is 1. The van der Waals surface area contributed by atoms with Gasteiger partial charge in [0, 0.05) is 58.7 Å². The van der Waals surface area contributed by atoms with Crippen molar-refractivity contribution in [2.45, 2.75) is 63.8 Å². The highest BCUT2D eigenvalue weighted by molar-refractivity contribution is 5.98. The molecule has 2 bridgehead atoms. The zero-order chi connectivity index (χ0) is 31.8. The predicted molar refractivity (Wildman–Crippen MR) is 158 cm³/mol. The molecule has 0 aliphatic carbocycles. The second kappa shape index (κ2) is 9.41. The molecule has 5 heterocycles. The van der Waals surface area contributed by atoms with E-state index in [1.165, 1.54) is 0 Å². The third kappa shape index (κ3) is 4.04. The van der Waals surface area contributed by atoms with Crippen LogP contribution in [0.15, 0.2) is 48.8 Å². The van der Waals surface area contributed by atoms with E-state index in [-0.39, 0.29) is 18.2 Å². The number of aromatic nitrogens is 4. The largest absolute Gasteiger partial charge is 0.444 e. The monoisotopic (exact) mass is 563 g/mol. The number of rotatable bonds is 2. The molecule has 2 aromatic heterocycles. The van der Waals surface area contributed by atoms with E-state index in [2.05, 4.69) is 15.9 Å². The molecule has 0 spiro atoms. The smallest absolute Gasteiger partial charge is 0.410 e. The van der Waals surface area contributed by atoms with Crippen LogP contribution in [0.2, 0.25) is 0 Å². The van der Waals surface area contributed by atoms with Gasteiger partial charge in [-0.25, -0.2) is 19.7 Å². The molecule has 1 fully saturated rings. The summed E-state index contributed by atoms with van der Waals surface area (Å²) >= 11 is 0. The highest BCUT2D eigenvalue weighted by atomic mass is 16.6. The van der Waals surface area contributed by atoms with E-state index in [9.17, 15) is 9.59 Å². The van der Waals surface area contributed by atoms with Gasteiger partial charge in [-0.05, 0) is 63.4 Å². The summed E-state index contributed by atoms with van der Waals surface area (Å²) < 4.78 is 32.4. The molecule has 7 rings (SSSR count).